The van der Waals surface area contributed by atoms with Gasteiger partial charge in [-0.3, -0.25) is 9.59 Å². The van der Waals surface area contributed by atoms with E-state index in [9.17, 15) is 14.0 Å². The summed E-state index contributed by atoms with van der Waals surface area (Å²) < 4.78 is 42.0. The van der Waals surface area contributed by atoms with E-state index in [1.165, 1.54) is 12.1 Å². The molecule has 2 aromatic heterocycles. The zero-order chi connectivity index (χ0) is 50.2. The van der Waals surface area contributed by atoms with Crippen LogP contribution in [0.2, 0.25) is 72.5 Å². The molecule has 3 aromatic rings. The summed E-state index contributed by atoms with van der Waals surface area (Å²) in [6.07, 6.45) is 4.47. The van der Waals surface area contributed by atoms with Crippen LogP contribution < -0.4 is 0 Å². The third kappa shape index (κ3) is 16.9. The van der Waals surface area contributed by atoms with Gasteiger partial charge < -0.3 is 27.5 Å². The van der Waals surface area contributed by atoms with Crippen molar-refractivity contribution in [1.29, 1.82) is 0 Å². The molecule has 0 radical (unpaired) electrons. The minimum Gasteiger partial charge on any atom is -0.417 e. The Morgan fingerprint density at radius 2 is 0.824 bits per heavy atom. The van der Waals surface area contributed by atoms with Gasteiger partial charge in [0.05, 0.1) is 11.9 Å². The topological polar surface area (TPSA) is 121 Å². The molecule has 0 saturated carbocycles. The van der Waals surface area contributed by atoms with Crippen LogP contribution in [0, 0.1) is 5.82 Å². The van der Waals surface area contributed by atoms with Crippen molar-refractivity contribution in [3.05, 3.63) is 59.8 Å². The highest BCUT2D eigenvalue weighted by atomic mass is 28.4. The minimum atomic E-state index is -1.82. The van der Waals surface area contributed by atoms with E-state index in [-0.39, 0.29) is 29.0 Å². The third-order valence-electron chi connectivity index (χ3n) is 15.4. The molecule has 0 bridgehead atoms. The number of halogens is 1. The third-order valence-corrected chi connectivity index (χ3v) is 34.1. The van der Waals surface area contributed by atoms with Crippen LogP contribution in [0.15, 0.2) is 42.6 Å². The number of amides is 2. The molecule has 12 nitrogen and oxygen atoms in total. The first-order valence-corrected chi connectivity index (χ1v) is 36.7. The highest BCUT2D eigenvalue weighted by Gasteiger charge is 2.32. The van der Waals surface area contributed by atoms with E-state index in [1.807, 2.05) is 9.80 Å². The Balaban J connectivity index is 2.09. The van der Waals surface area contributed by atoms with Crippen molar-refractivity contribution in [2.45, 2.75) is 181 Å². The maximum absolute atomic E-state index is 15.0. The zero-order valence-corrected chi connectivity index (χ0v) is 48.5. The minimum absolute atomic E-state index is 0.158. The Labute approximate surface area is 415 Å². The summed E-state index contributed by atoms with van der Waals surface area (Å²) in [4.78, 5) is 38.6. The summed E-state index contributed by atoms with van der Waals surface area (Å²) in [5.41, 5.74) is 2.02. The van der Waals surface area contributed by atoms with Gasteiger partial charge in [0.1, 0.15) is 22.9 Å². The fraction of sp³-hybridized carbons (Fsp3) is 0.706. The van der Waals surface area contributed by atoms with Crippen LogP contribution in [0.5, 0.6) is 0 Å². The number of carbonyl (C=O) groups is 2. The number of nitrogens with zero attached hydrogens (tertiary/aromatic N) is 6. The standard InChI is InChI=1S/C51H91FN6O6Si4/c1-13-65(14-2,15-3)61-37-25-33-56(34-26-38-62-66(16-4,17-5)18-6)50(59)47-41-46(58-43-49(54-55-58)44-29-31-45(52)32-30-44)42-48(53-47)51(60)57(35-27-39-63-67(19-7,20-8)21-9)36-28-40-64-68(22-10,23-11)24-12/h29-32,41-43H,13-28,33-40H2,1-12H3. The molecule has 0 N–H and O–H groups in total. The molecular formula is C51H91FN6O6Si4. The predicted molar refractivity (Wildman–Crippen MR) is 287 cm³/mol. The Morgan fingerprint density at radius 1 is 0.515 bits per heavy atom. The van der Waals surface area contributed by atoms with E-state index in [0.717, 1.165) is 72.5 Å². The molecule has 0 atom stereocenters. The summed E-state index contributed by atoms with van der Waals surface area (Å²) in [6, 6.07) is 22.2. The lowest BCUT2D eigenvalue weighted by atomic mass is 10.1. The second-order valence-corrected chi connectivity index (χ2v) is 37.6. The van der Waals surface area contributed by atoms with Crippen LogP contribution in [-0.4, -0.2) is 127 Å². The second kappa shape index (κ2) is 30.1. The van der Waals surface area contributed by atoms with Crippen LogP contribution in [0.4, 0.5) is 4.39 Å². The summed E-state index contributed by atoms with van der Waals surface area (Å²) in [5.74, 6) is -0.868. The molecule has 3 rings (SSSR count). The molecule has 0 aliphatic carbocycles. The number of hydrogen-bond donors (Lipinski definition) is 0. The van der Waals surface area contributed by atoms with Crippen molar-refractivity contribution in [2.24, 2.45) is 0 Å². The van der Waals surface area contributed by atoms with E-state index < -0.39 is 33.3 Å². The maximum atomic E-state index is 15.0. The quantitative estimate of drug-likeness (QED) is 0.0414. The van der Waals surface area contributed by atoms with Gasteiger partial charge in [-0.25, -0.2) is 14.1 Å². The van der Waals surface area contributed by atoms with Crippen molar-refractivity contribution >= 4 is 45.1 Å². The van der Waals surface area contributed by atoms with Crippen molar-refractivity contribution < 1.29 is 31.7 Å². The molecule has 1 aromatic carbocycles. The summed E-state index contributed by atoms with van der Waals surface area (Å²) in [6.45, 7) is 31.0. The summed E-state index contributed by atoms with van der Waals surface area (Å²) in [7, 11) is -7.29. The van der Waals surface area contributed by atoms with E-state index in [0.29, 0.717) is 95.2 Å². The Morgan fingerprint density at radius 3 is 1.12 bits per heavy atom. The van der Waals surface area contributed by atoms with Gasteiger partial charge in [-0.15, -0.1) is 5.10 Å². The second-order valence-electron chi connectivity index (χ2n) is 18.5. The molecule has 68 heavy (non-hydrogen) atoms. The van der Waals surface area contributed by atoms with Crippen LogP contribution >= 0.6 is 0 Å². The number of pyridine rings is 1. The number of aromatic nitrogens is 4. The summed E-state index contributed by atoms with van der Waals surface area (Å²) in [5, 5.41) is 8.86. The van der Waals surface area contributed by atoms with Gasteiger partial charge in [0.25, 0.3) is 11.8 Å². The smallest absolute Gasteiger partial charge is 0.272 e. The first kappa shape index (κ1) is 59.4. The van der Waals surface area contributed by atoms with E-state index in [1.54, 1.807) is 35.1 Å². The lowest BCUT2D eigenvalue weighted by molar-refractivity contribution is 0.0723. The van der Waals surface area contributed by atoms with Crippen LogP contribution in [0.25, 0.3) is 16.9 Å². The summed E-state index contributed by atoms with van der Waals surface area (Å²) >= 11 is 0. The Bertz CT molecular complexity index is 1730. The highest BCUT2D eigenvalue weighted by Crippen LogP contribution is 2.26. The van der Waals surface area contributed by atoms with Crippen LogP contribution in [0.1, 0.15) is 130 Å². The largest absolute Gasteiger partial charge is 0.417 e. The van der Waals surface area contributed by atoms with Gasteiger partial charge in [-0.1, -0.05) is 88.3 Å². The molecule has 0 aliphatic rings. The number of hydrogen-bond acceptors (Lipinski definition) is 9. The molecule has 0 spiro atoms. The van der Waals surface area contributed by atoms with Gasteiger partial charge in [0, 0.05) is 58.2 Å². The fourth-order valence-corrected chi connectivity index (χ4v) is 20.1. The normalized spacial score (nSPS) is 12.5. The lowest BCUT2D eigenvalue weighted by Crippen LogP contribution is -2.40. The van der Waals surface area contributed by atoms with E-state index in [4.69, 9.17) is 22.7 Å². The predicted octanol–water partition coefficient (Wildman–Crippen LogP) is 13.0. The average molecular weight is 1020 g/mol. The maximum Gasteiger partial charge on any atom is 0.272 e. The lowest BCUT2D eigenvalue weighted by Gasteiger charge is -2.30. The number of rotatable bonds is 36. The van der Waals surface area contributed by atoms with Gasteiger partial charge in [0.2, 0.25) is 0 Å². The molecule has 384 valence electrons. The first-order chi connectivity index (χ1) is 32.7. The highest BCUT2D eigenvalue weighted by molar-refractivity contribution is 6.74. The molecule has 2 amide bonds. The Kier molecular flexibility index (Phi) is 26.3. The molecule has 2 heterocycles. The van der Waals surface area contributed by atoms with E-state index in [2.05, 4.69) is 93.4 Å². The van der Waals surface area contributed by atoms with Gasteiger partial charge in [-0.2, -0.15) is 0 Å². The number of carbonyl (C=O) groups excluding carboxylic acids is 2. The van der Waals surface area contributed by atoms with Crippen molar-refractivity contribution in [3.63, 3.8) is 0 Å². The zero-order valence-electron chi connectivity index (χ0n) is 44.5. The fourth-order valence-electron chi connectivity index (χ4n) is 9.37. The van der Waals surface area contributed by atoms with Gasteiger partial charge >= 0.3 is 0 Å². The molecule has 0 fully saturated rings. The molecular weight excluding hydrogens is 924 g/mol. The van der Waals surface area contributed by atoms with Crippen molar-refractivity contribution in [2.75, 3.05) is 52.6 Å². The number of benzene rings is 1. The molecule has 0 saturated heterocycles. The first-order valence-electron chi connectivity index (χ1n) is 26.6. The molecule has 0 aliphatic heterocycles. The SMILES string of the molecule is CC[Si](CC)(CC)OCCCN(CCCO[Si](CC)(CC)CC)C(=O)c1cc(-n2cc(-c3ccc(F)cc3)nn2)cc(C(=O)N(CCCO[Si](CC)(CC)CC)CCCO[Si](CC)(CC)CC)n1. The van der Waals surface area contributed by atoms with Crippen LogP contribution in [-0.2, 0) is 17.7 Å². The van der Waals surface area contributed by atoms with Gasteiger partial charge in [-0.05, 0) is 135 Å². The van der Waals surface area contributed by atoms with Crippen molar-refractivity contribution in [1.82, 2.24) is 29.8 Å². The van der Waals surface area contributed by atoms with E-state index >= 15 is 0 Å². The van der Waals surface area contributed by atoms with Crippen molar-refractivity contribution in [3.8, 4) is 16.9 Å². The van der Waals surface area contributed by atoms with Gasteiger partial charge in [0.15, 0.2) is 33.3 Å². The molecule has 17 heteroatoms. The average Bonchev–Trinajstić information content (AvgIpc) is 3.89. The van der Waals surface area contributed by atoms with Crippen LogP contribution in [0.3, 0.4) is 0 Å². The monoisotopic (exact) mass is 1010 g/mol. The Hall–Kier alpha value is -2.91. The molecule has 0 unspecified atom stereocenters.